The number of carbonyl (C=O) groups excluding carboxylic acids is 1. The van der Waals surface area contributed by atoms with Crippen LogP contribution in [0.2, 0.25) is 0 Å². The van der Waals surface area contributed by atoms with Gasteiger partial charge in [-0.2, -0.15) is 0 Å². The van der Waals surface area contributed by atoms with Crippen LogP contribution in [0.4, 0.5) is 0 Å². The molecule has 2 N–H and O–H groups in total. The van der Waals surface area contributed by atoms with Gasteiger partial charge in [-0.25, -0.2) is 0 Å². The Kier molecular flexibility index (Phi) is 5.10. The maximum absolute atomic E-state index is 12.6. The number of aliphatic hydroxyl groups excluding tert-OH is 1. The van der Waals surface area contributed by atoms with E-state index in [2.05, 4.69) is 21.7 Å². The van der Waals surface area contributed by atoms with Crippen molar-refractivity contribution in [1.29, 1.82) is 0 Å². The molecule has 5 nitrogen and oxygen atoms in total. The molecule has 2 aromatic rings. The van der Waals surface area contributed by atoms with Crippen LogP contribution in [-0.4, -0.2) is 71.0 Å². The molecule has 1 aromatic heterocycles. The number of benzene rings is 1. The highest BCUT2D eigenvalue weighted by molar-refractivity contribution is 6.08. The number of aromatic amines is 1. The fourth-order valence-corrected chi connectivity index (χ4v) is 3.38. The lowest BCUT2D eigenvalue weighted by Crippen LogP contribution is -2.52. The minimum absolute atomic E-state index is 0.171. The summed E-state index contributed by atoms with van der Waals surface area (Å²) in [6.07, 6.45) is 2.78. The number of carbonyl (C=O) groups is 1. The van der Waals surface area contributed by atoms with Crippen molar-refractivity contribution >= 4 is 16.7 Å². The van der Waals surface area contributed by atoms with Crippen molar-refractivity contribution in [2.24, 2.45) is 0 Å². The highest BCUT2D eigenvalue weighted by Crippen LogP contribution is 2.19. The number of nitrogens with one attached hydrogen (secondary N) is 1. The average Bonchev–Trinajstić information content (AvgIpc) is 3.01. The zero-order valence-corrected chi connectivity index (χ0v) is 13.7. The molecule has 0 amide bonds. The molecule has 0 aliphatic carbocycles. The lowest BCUT2D eigenvalue weighted by molar-refractivity contribution is 0.0592. The van der Waals surface area contributed by atoms with E-state index < -0.39 is 0 Å². The van der Waals surface area contributed by atoms with Crippen molar-refractivity contribution in [2.75, 3.05) is 39.3 Å². The number of aromatic nitrogens is 1. The van der Waals surface area contributed by atoms with E-state index in [1.54, 1.807) is 0 Å². The molecule has 23 heavy (non-hydrogen) atoms. The number of hydrogen-bond acceptors (Lipinski definition) is 4. The highest BCUT2D eigenvalue weighted by Gasteiger charge is 2.24. The smallest absolute Gasteiger partial charge is 0.178 e. The third kappa shape index (κ3) is 3.47. The summed E-state index contributed by atoms with van der Waals surface area (Å²) in [5.74, 6) is 0.171. The summed E-state index contributed by atoms with van der Waals surface area (Å²) in [4.78, 5) is 20.3. The first-order chi connectivity index (χ1) is 11.2. The van der Waals surface area contributed by atoms with Gasteiger partial charge in [-0.3, -0.25) is 14.6 Å². The maximum Gasteiger partial charge on any atom is 0.178 e. The van der Waals surface area contributed by atoms with Gasteiger partial charge in [0, 0.05) is 54.9 Å². The number of ketones is 1. The standard InChI is InChI=1S/C18H25N3O2/c1-2-14(13-22)21-9-7-20(8-10-21)12-18(23)16-11-19-17-6-4-3-5-15(16)17/h3-6,11,14,19,22H,2,7-10,12-13H2,1H3. The van der Waals surface area contributed by atoms with Crippen LogP contribution in [0.3, 0.4) is 0 Å². The second-order valence-electron chi connectivity index (χ2n) is 6.23. The molecule has 3 rings (SSSR count). The Morgan fingerprint density at radius 1 is 1.26 bits per heavy atom. The molecule has 2 heterocycles. The lowest BCUT2D eigenvalue weighted by Gasteiger charge is -2.38. The Labute approximate surface area is 136 Å². The molecule has 1 fully saturated rings. The fourth-order valence-electron chi connectivity index (χ4n) is 3.38. The number of rotatable bonds is 6. The van der Waals surface area contributed by atoms with Crippen LogP contribution in [0.15, 0.2) is 30.5 Å². The third-order valence-corrected chi connectivity index (χ3v) is 4.86. The number of para-hydroxylation sites is 1. The molecule has 1 unspecified atom stereocenters. The second kappa shape index (κ2) is 7.25. The Morgan fingerprint density at radius 3 is 2.70 bits per heavy atom. The number of H-pyrrole nitrogens is 1. The van der Waals surface area contributed by atoms with Crippen LogP contribution >= 0.6 is 0 Å². The van der Waals surface area contributed by atoms with Crippen molar-refractivity contribution in [2.45, 2.75) is 19.4 Å². The van der Waals surface area contributed by atoms with Crippen LogP contribution in [0.1, 0.15) is 23.7 Å². The fraction of sp³-hybridized carbons (Fsp3) is 0.500. The van der Waals surface area contributed by atoms with E-state index in [1.807, 2.05) is 30.5 Å². The summed E-state index contributed by atoms with van der Waals surface area (Å²) < 4.78 is 0. The Morgan fingerprint density at radius 2 is 2.00 bits per heavy atom. The highest BCUT2D eigenvalue weighted by atomic mass is 16.3. The minimum Gasteiger partial charge on any atom is -0.395 e. The van der Waals surface area contributed by atoms with Crippen LogP contribution in [0, 0.1) is 0 Å². The van der Waals surface area contributed by atoms with Gasteiger partial charge in [0.25, 0.3) is 0 Å². The zero-order valence-electron chi connectivity index (χ0n) is 13.7. The molecule has 1 aromatic carbocycles. The van der Waals surface area contributed by atoms with E-state index in [0.29, 0.717) is 6.54 Å². The zero-order chi connectivity index (χ0) is 16.2. The van der Waals surface area contributed by atoms with Crippen LogP contribution in [0.25, 0.3) is 10.9 Å². The Hall–Kier alpha value is -1.69. The first-order valence-corrected chi connectivity index (χ1v) is 8.39. The van der Waals surface area contributed by atoms with Gasteiger partial charge in [0.05, 0.1) is 13.2 Å². The van der Waals surface area contributed by atoms with E-state index in [9.17, 15) is 9.90 Å². The predicted molar refractivity (Wildman–Crippen MR) is 91.8 cm³/mol. The molecular formula is C18H25N3O2. The number of aliphatic hydroxyl groups is 1. The van der Waals surface area contributed by atoms with Gasteiger partial charge in [-0.15, -0.1) is 0 Å². The van der Waals surface area contributed by atoms with E-state index >= 15 is 0 Å². The summed E-state index contributed by atoms with van der Waals surface area (Å²) in [6.45, 7) is 6.37. The summed E-state index contributed by atoms with van der Waals surface area (Å²) in [5.41, 5.74) is 1.79. The van der Waals surface area contributed by atoms with E-state index in [4.69, 9.17) is 0 Å². The van der Waals surface area contributed by atoms with Crippen molar-refractivity contribution in [3.63, 3.8) is 0 Å². The molecule has 0 spiro atoms. The van der Waals surface area contributed by atoms with Crippen LogP contribution < -0.4 is 0 Å². The van der Waals surface area contributed by atoms with Gasteiger partial charge >= 0.3 is 0 Å². The molecule has 5 heteroatoms. The summed E-state index contributed by atoms with van der Waals surface area (Å²) in [5, 5.41) is 10.4. The first-order valence-electron chi connectivity index (χ1n) is 8.39. The van der Waals surface area contributed by atoms with Crippen molar-refractivity contribution in [3.8, 4) is 0 Å². The summed E-state index contributed by atoms with van der Waals surface area (Å²) >= 11 is 0. The van der Waals surface area contributed by atoms with Gasteiger partial charge in [0.1, 0.15) is 0 Å². The molecule has 0 radical (unpaired) electrons. The third-order valence-electron chi connectivity index (χ3n) is 4.86. The van der Waals surface area contributed by atoms with Crippen LogP contribution in [0.5, 0.6) is 0 Å². The molecule has 0 saturated carbocycles. The van der Waals surface area contributed by atoms with Crippen molar-refractivity contribution in [3.05, 3.63) is 36.0 Å². The Balaban J connectivity index is 1.59. The normalized spacial score (nSPS) is 18.3. The maximum atomic E-state index is 12.6. The lowest BCUT2D eigenvalue weighted by atomic mass is 10.1. The molecule has 1 aliphatic rings. The molecule has 1 saturated heterocycles. The number of hydrogen-bond donors (Lipinski definition) is 2. The van der Waals surface area contributed by atoms with E-state index in [0.717, 1.165) is 49.1 Å². The quantitative estimate of drug-likeness (QED) is 0.797. The van der Waals surface area contributed by atoms with Gasteiger partial charge in [-0.05, 0) is 12.5 Å². The van der Waals surface area contributed by atoms with Gasteiger partial charge < -0.3 is 10.1 Å². The molecule has 1 atom stereocenters. The topological polar surface area (TPSA) is 59.6 Å². The van der Waals surface area contributed by atoms with Crippen molar-refractivity contribution in [1.82, 2.24) is 14.8 Å². The van der Waals surface area contributed by atoms with Gasteiger partial charge in [-0.1, -0.05) is 25.1 Å². The molecule has 124 valence electrons. The van der Waals surface area contributed by atoms with Gasteiger partial charge in [0.15, 0.2) is 5.78 Å². The molecule has 0 bridgehead atoms. The Bertz CT molecular complexity index is 655. The number of Topliss-reactive ketones (excluding diaryl/α,β-unsaturated/α-hetero) is 1. The largest absolute Gasteiger partial charge is 0.395 e. The van der Waals surface area contributed by atoms with E-state index in [-0.39, 0.29) is 18.4 Å². The van der Waals surface area contributed by atoms with Crippen LogP contribution in [-0.2, 0) is 0 Å². The monoisotopic (exact) mass is 315 g/mol. The molecule has 1 aliphatic heterocycles. The van der Waals surface area contributed by atoms with Crippen molar-refractivity contribution < 1.29 is 9.90 Å². The summed E-state index contributed by atoms with van der Waals surface area (Å²) in [7, 11) is 0. The average molecular weight is 315 g/mol. The number of nitrogens with zero attached hydrogens (tertiary/aromatic N) is 2. The number of fused-ring (bicyclic) bond motifs is 1. The van der Waals surface area contributed by atoms with Gasteiger partial charge in [0.2, 0.25) is 0 Å². The second-order valence-corrected chi connectivity index (χ2v) is 6.23. The predicted octanol–water partition coefficient (Wildman–Crippen LogP) is 1.74. The summed E-state index contributed by atoms with van der Waals surface area (Å²) in [6, 6.07) is 8.17. The minimum atomic E-state index is 0.171. The SMILES string of the molecule is CCC(CO)N1CCN(CC(=O)c2c[nH]c3ccccc23)CC1. The first kappa shape index (κ1) is 16.2. The van der Waals surface area contributed by atoms with E-state index in [1.165, 1.54) is 0 Å². The molecular weight excluding hydrogens is 290 g/mol. The number of piperazine rings is 1.